The molecule has 0 bridgehead atoms. The van der Waals surface area contributed by atoms with Crippen LogP contribution in [-0.2, 0) is 10.0 Å². The Hall–Kier alpha value is -3.35. The van der Waals surface area contributed by atoms with Gasteiger partial charge in [-0.1, -0.05) is 36.0 Å². The molecule has 0 fully saturated rings. The van der Waals surface area contributed by atoms with Crippen LogP contribution < -0.4 is 5.56 Å². The van der Waals surface area contributed by atoms with Gasteiger partial charge in [-0.15, -0.1) is 0 Å². The lowest BCUT2D eigenvalue weighted by Gasteiger charge is -2.09. The Morgan fingerprint density at radius 3 is 2.59 bits per heavy atom. The third kappa shape index (κ3) is 3.22. The molecule has 29 heavy (non-hydrogen) atoms. The van der Waals surface area contributed by atoms with Crippen molar-refractivity contribution in [3.8, 4) is 17.3 Å². The summed E-state index contributed by atoms with van der Waals surface area (Å²) in [4.78, 5) is 19.3. The molecule has 4 aromatic rings. The van der Waals surface area contributed by atoms with Crippen molar-refractivity contribution in [1.29, 1.82) is 5.26 Å². The average Bonchev–Trinajstić information content (AvgIpc) is 3.17. The van der Waals surface area contributed by atoms with Gasteiger partial charge >= 0.3 is 0 Å². The van der Waals surface area contributed by atoms with Crippen LogP contribution in [0.3, 0.4) is 0 Å². The molecule has 0 amide bonds. The largest absolute Gasteiger partial charge is 0.300 e. The SMILES string of the molecule is CSc1nc(-c2ccc3c(ccn3S(=O)(=O)c3ccccc3)c2)c(C#N)c(=O)[nH]1. The van der Waals surface area contributed by atoms with Crippen molar-refractivity contribution in [3.05, 3.63) is 76.7 Å². The maximum Gasteiger partial charge on any atom is 0.270 e. The molecule has 0 aliphatic heterocycles. The van der Waals surface area contributed by atoms with Crippen LogP contribution in [0.25, 0.3) is 22.2 Å². The summed E-state index contributed by atoms with van der Waals surface area (Å²) in [6, 6.07) is 16.8. The molecule has 2 aromatic heterocycles. The van der Waals surface area contributed by atoms with Crippen molar-refractivity contribution in [2.75, 3.05) is 6.26 Å². The van der Waals surface area contributed by atoms with Gasteiger partial charge in [0.1, 0.15) is 11.6 Å². The lowest BCUT2D eigenvalue weighted by atomic mass is 10.1. The average molecular weight is 422 g/mol. The number of nitriles is 1. The zero-order valence-corrected chi connectivity index (χ0v) is 16.8. The first-order valence-corrected chi connectivity index (χ1v) is 11.1. The van der Waals surface area contributed by atoms with E-state index >= 15 is 0 Å². The number of hydrogen-bond acceptors (Lipinski definition) is 6. The molecule has 0 aliphatic carbocycles. The second-order valence-electron chi connectivity index (χ2n) is 6.11. The Balaban J connectivity index is 1.89. The Kier molecular flexibility index (Phi) is 4.74. The van der Waals surface area contributed by atoms with E-state index < -0.39 is 15.6 Å². The molecule has 4 rings (SSSR count). The normalized spacial score (nSPS) is 11.4. The zero-order chi connectivity index (χ0) is 20.6. The van der Waals surface area contributed by atoms with Crippen LogP contribution in [0, 0.1) is 11.3 Å². The lowest BCUT2D eigenvalue weighted by molar-refractivity contribution is 0.589. The summed E-state index contributed by atoms with van der Waals surface area (Å²) < 4.78 is 27.1. The molecule has 144 valence electrons. The Bertz CT molecular complexity index is 1430. The predicted molar refractivity (Wildman–Crippen MR) is 111 cm³/mol. The highest BCUT2D eigenvalue weighted by Gasteiger charge is 2.19. The van der Waals surface area contributed by atoms with E-state index in [1.165, 1.54) is 21.9 Å². The second-order valence-corrected chi connectivity index (χ2v) is 8.72. The monoisotopic (exact) mass is 422 g/mol. The molecule has 2 aromatic carbocycles. The molecule has 7 nitrogen and oxygen atoms in total. The fourth-order valence-corrected chi connectivity index (χ4v) is 4.79. The molecular weight excluding hydrogens is 408 g/mol. The lowest BCUT2D eigenvalue weighted by Crippen LogP contribution is -2.14. The highest BCUT2D eigenvalue weighted by molar-refractivity contribution is 7.98. The molecule has 2 heterocycles. The minimum Gasteiger partial charge on any atom is -0.300 e. The third-order valence-electron chi connectivity index (χ3n) is 4.43. The summed E-state index contributed by atoms with van der Waals surface area (Å²) in [5.74, 6) is 0. The topological polar surface area (TPSA) is 109 Å². The number of aromatic nitrogens is 3. The zero-order valence-electron chi connectivity index (χ0n) is 15.2. The minimum absolute atomic E-state index is 0.0847. The first-order valence-electron chi connectivity index (χ1n) is 8.46. The molecule has 1 N–H and O–H groups in total. The van der Waals surface area contributed by atoms with E-state index in [1.807, 2.05) is 6.07 Å². The number of benzene rings is 2. The van der Waals surface area contributed by atoms with E-state index in [2.05, 4.69) is 9.97 Å². The smallest absolute Gasteiger partial charge is 0.270 e. The van der Waals surface area contributed by atoms with E-state index in [-0.39, 0.29) is 16.2 Å². The highest BCUT2D eigenvalue weighted by atomic mass is 32.2. The van der Waals surface area contributed by atoms with Gasteiger partial charge in [-0.25, -0.2) is 17.4 Å². The number of fused-ring (bicyclic) bond motifs is 1. The Morgan fingerprint density at radius 1 is 1.14 bits per heavy atom. The highest BCUT2D eigenvalue weighted by Crippen LogP contribution is 2.28. The molecule has 0 saturated carbocycles. The van der Waals surface area contributed by atoms with Crippen LogP contribution in [0.15, 0.2) is 75.6 Å². The summed E-state index contributed by atoms with van der Waals surface area (Å²) in [5, 5.41) is 10.4. The molecule has 0 saturated heterocycles. The fraction of sp³-hybridized carbons (Fsp3) is 0.0500. The van der Waals surface area contributed by atoms with Crippen LogP contribution in [0.5, 0.6) is 0 Å². The van der Waals surface area contributed by atoms with E-state index in [1.54, 1.807) is 60.9 Å². The molecule has 9 heteroatoms. The summed E-state index contributed by atoms with van der Waals surface area (Å²) in [5.41, 5.74) is 0.724. The number of aromatic amines is 1. The van der Waals surface area contributed by atoms with Gasteiger partial charge < -0.3 is 4.98 Å². The summed E-state index contributed by atoms with van der Waals surface area (Å²) in [6.45, 7) is 0. The Morgan fingerprint density at radius 2 is 1.90 bits per heavy atom. The van der Waals surface area contributed by atoms with Crippen LogP contribution in [0.2, 0.25) is 0 Å². The number of H-pyrrole nitrogens is 1. The second kappa shape index (κ2) is 7.24. The van der Waals surface area contributed by atoms with E-state index in [9.17, 15) is 18.5 Å². The van der Waals surface area contributed by atoms with Crippen molar-refractivity contribution in [3.63, 3.8) is 0 Å². The van der Waals surface area contributed by atoms with Crippen molar-refractivity contribution in [2.45, 2.75) is 10.1 Å². The van der Waals surface area contributed by atoms with Crippen molar-refractivity contribution in [2.24, 2.45) is 0 Å². The van der Waals surface area contributed by atoms with Gasteiger partial charge in [0, 0.05) is 17.1 Å². The van der Waals surface area contributed by atoms with Gasteiger partial charge in [0.05, 0.1) is 16.1 Å². The van der Waals surface area contributed by atoms with Crippen LogP contribution in [0.1, 0.15) is 5.56 Å². The maximum absolute atomic E-state index is 13.0. The summed E-state index contributed by atoms with van der Waals surface area (Å²) in [6.07, 6.45) is 3.26. The van der Waals surface area contributed by atoms with Gasteiger partial charge in [-0.2, -0.15) is 5.26 Å². The molecule has 0 radical (unpaired) electrons. The molecular formula is C20H14N4O3S2. The van der Waals surface area contributed by atoms with Crippen LogP contribution in [0.4, 0.5) is 0 Å². The third-order valence-corrected chi connectivity index (χ3v) is 6.71. The number of nitrogens with one attached hydrogen (secondary N) is 1. The van der Waals surface area contributed by atoms with Gasteiger partial charge in [0.15, 0.2) is 5.16 Å². The van der Waals surface area contributed by atoms with Gasteiger partial charge in [-0.3, -0.25) is 4.79 Å². The molecule has 0 aliphatic rings. The molecule has 0 unspecified atom stereocenters. The number of nitrogens with zero attached hydrogens (tertiary/aromatic N) is 3. The van der Waals surface area contributed by atoms with Crippen LogP contribution in [-0.4, -0.2) is 28.6 Å². The van der Waals surface area contributed by atoms with E-state index in [4.69, 9.17) is 0 Å². The Labute approximate surface area is 170 Å². The van der Waals surface area contributed by atoms with Crippen molar-refractivity contribution in [1.82, 2.24) is 13.9 Å². The number of hydrogen-bond donors (Lipinski definition) is 1. The van der Waals surface area contributed by atoms with Crippen LogP contribution >= 0.6 is 11.8 Å². The maximum atomic E-state index is 13.0. The van der Waals surface area contributed by atoms with Gasteiger partial charge in [0.25, 0.3) is 15.6 Å². The van der Waals surface area contributed by atoms with Crippen molar-refractivity contribution >= 4 is 32.7 Å². The fourth-order valence-electron chi connectivity index (χ4n) is 3.04. The first-order chi connectivity index (χ1) is 14.0. The van der Waals surface area contributed by atoms with Gasteiger partial charge in [0.2, 0.25) is 0 Å². The van der Waals surface area contributed by atoms with Crippen molar-refractivity contribution < 1.29 is 8.42 Å². The summed E-state index contributed by atoms with van der Waals surface area (Å²) >= 11 is 1.26. The molecule has 0 atom stereocenters. The quantitative estimate of drug-likeness (QED) is 0.400. The molecule has 0 spiro atoms. The van der Waals surface area contributed by atoms with Gasteiger partial charge in [-0.05, 0) is 36.6 Å². The van der Waals surface area contributed by atoms with E-state index in [0.29, 0.717) is 21.6 Å². The standard InChI is InChI=1S/C20H14N4O3S2/c1-28-20-22-18(16(12-21)19(25)23-20)14-7-8-17-13(11-14)9-10-24(17)29(26,27)15-5-3-2-4-6-15/h2-11H,1H3,(H,22,23,25). The predicted octanol–water partition coefficient (Wildman–Crippen LogP) is 3.22. The first kappa shape index (κ1) is 19.0. The van der Waals surface area contributed by atoms with E-state index in [0.717, 1.165) is 0 Å². The summed E-state index contributed by atoms with van der Waals surface area (Å²) in [7, 11) is -3.74. The number of thioether (sulfide) groups is 1. The minimum atomic E-state index is -3.74. The number of rotatable bonds is 4.